The van der Waals surface area contributed by atoms with E-state index in [2.05, 4.69) is 27.7 Å². The summed E-state index contributed by atoms with van der Waals surface area (Å²) in [5.41, 5.74) is 1.20. The van der Waals surface area contributed by atoms with Gasteiger partial charge in [-0.05, 0) is 37.3 Å². The van der Waals surface area contributed by atoms with Gasteiger partial charge in [0.2, 0.25) is 0 Å². The van der Waals surface area contributed by atoms with Crippen LogP contribution in [0, 0.1) is 5.92 Å². The van der Waals surface area contributed by atoms with Crippen molar-refractivity contribution in [1.29, 1.82) is 0 Å². The highest BCUT2D eigenvalue weighted by molar-refractivity contribution is 5.74. The van der Waals surface area contributed by atoms with E-state index in [4.69, 9.17) is 4.74 Å². The lowest BCUT2D eigenvalue weighted by Gasteiger charge is -2.23. The van der Waals surface area contributed by atoms with Gasteiger partial charge in [0.05, 0.1) is 7.11 Å². The first-order valence-electron chi connectivity index (χ1n) is 9.18. The van der Waals surface area contributed by atoms with Crippen LogP contribution in [0.3, 0.4) is 0 Å². The normalized spacial score (nSPS) is 21.5. The molecular formula is C19H29N3O2. The van der Waals surface area contributed by atoms with Crippen molar-refractivity contribution < 1.29 is 9.53 Å². The highest BCUT2D eigenvalue weighted by Crippen LogP contribution is 2.26. The van der Waals surface area contributed by atoms with Gasteiger partial charge in [-0.15, -0.1) is 0 Å². The van der Waals surface area contributed by atoms with E-state index >= 15 is 0 Å². The number of hydrogen-bond acceptors (Lipinski definition) is 3. The number of urea groups is 1. The molecule has 5 heteroatoms. The zero-order chi connectivity index (χ0) is 16.8. The van der Waals surface area contributed by atoms with Gasteiger partial charge in [-0.3, -0.25) is 0 Å². The van der Waals surface area contributed by atoms with Gasteiger partial charge in [0.15, 0.2) is 0 Å². The van der Waals surface area contributed by atoms with Gasteiger partial charge in [0.25, 0.3) is 0 Å². The molecular weight excluding hydrogens is 302 g/mol. The summed E-state index contributed by atoms with van der Waals surface area (Å²) in [7, 11) is 1.70. The molecule has 24 heavy (non-hydrogen) atoms. The molecule has 2 N–H and O–H groups in total. The largest absolute Gasteiger partial charge is 0.497 e. The van der Waals surface area contributed by atoms with Crippen LogP contribution < -0.4 is 20.3 Å². The first-order chi connectivity index (χ1) is 11.7. The van der Waals surface area contributed by atoms with E-state index in [0.29, 0.717) is 12.0 Å². The smallest absolute Gasteiger partial charge is 0.315 e. The fourth-order valence-corrected chi connectivity index (χ4v) is 3.76. The van der Waals surface area contributed by atoms with Gasteiger partial charge < -0.3 is 20.3 Å². The van der Waals surface area contributed by atoms with E-state index < -0.39 is 0 Å². The Bertz CT molecular complexity index is 543. The third kappa shape index (κ3) is 4.56. The Labute approximate surface area is 144 Å². The molecule has 2 amide bonds. The number of nitrogens with one attached hydrogen (secondary N) is 2. The number of nitrogens with zero attached hydrogens (tertiary/aromatic N) is 1. The lowest BCUT2D eigenvalue weighted by molar-refractivity contribution is 0.231. The Morgan fingerprint density at radius 2 is 2.08 bits per heavy atom. The topological polar surface area (TPSA) is 53.6 Å². The minimum Gasteiger partial charge on any atom is -0.497 e. The van der Waals surface area contributed by atoms with Crippen molar-refractivity contribution in [3.05, 3.63) is 24.3 Å². The first kappa shape index (κ1) is 16.9. The molecule has 0 aromatic heterocycles. The standard InChI is InChI=1S/C19H29N3O2/c1-24-18-9-5-8-17(12-18)22-11-10-15(14-22)13-20-19(23)21-16-6-3-2-4-7-16/h5,8-9,12,15-16H,2-4,6-7,10-11,13-14H2,1H3,(H2,20,21,23)/t15-/m1/s1. The fourth-order valence-electron chi connectivity index (χ4n) is 3.76. The summed E-state index contributed by atoms with van der Waals surface area (Å²) in [6, 6.07) is 8.56. The number of benzene rings is 1. The summed E-state index contributed by atoms with van der Waals surface area (Å²) in [6.07, 6.45) is 7.15. The van der Waals surface area contributed by atoms with Gasteiger partial charge in [-0.2, -0.15) is 0 Å². The molecule has 1 saturated carbocycles. The van der Waals surface area contributed by atoms with Gasteiger partial charge in [-0.1, -0.05) is 25.3 Å². The van der Waals surface area contributed by atoms with Crippen molar-refractivity contribution in [3.63, 3.8) is 0 Å². The van der Waals surface area contributed by atoms with Crippen LogP contribution in [0.15, 0.2) is 24.3 Å². The summed E-state index contributed by atoms with van der Waals surface area (Å²) in [6.45, 7) is 2.76. The average Bonchev–Trinajstić information content (AvgIpc) is 3.10. The van der Waals surface area contributed by atoms with Crippen LogP contribution in [0.5, 0.6) is 5.75 Å². The van der Waals surface area contributed by atoms with Crippen molar-refractivity contribution in [3.8, 4) is 5.75 Å². The predicted octanol–water partition coefficient (Wildman–Crippen LogP) is 3.15. The van der Waals surface area contributed by atoms with Gasteiger partial charge in [0.1, 0.15) is 5.75 Å². The first-order valence-corrected chi connectivity index (χ1v) is 9.18. The molecule has 2 fully saturated rings. The van der Waals surface area contributed by atoms with Crippen molar-refractivity contribution >= 4 is 11.7 Å². The molecule has 1 aromatic carbocycles. The van der Waals surface area contributed by atoms with E-state index in [1.807, 2.05) is 12.1 Å². The molecule has 1 heterocycles. The summed E-state index contributed by atoms with van der Waals surface area (Å²) in [5, 5.41) is 6.19. The van der Waals surface area contributed by atoms with Crippen molar-refractivity contribution in [2.45, 2.75) is 44.6 Å². The number of amides is 2. The molecule has 1 atom stereocenters. The highest BCUT2D eigenvalue weighted by Gasteiger charge is 2.24. The maximum atomic E-state index is 12.1. The molecule has 2 aliphatic rings. The molecule has 5 nitrogen and oxygen atoms in total. The number of anilines is 1. The molecule has 0 spiro atoms. The summed E-state index contributed by atoms with van der Waals surface area (Å²) >= 11 is 0. The van der Waals surface area contributed by atoms with E-state index in [1.54, 1.807) is 7.11 Å². The molecule has 0 bridgehead atoms. The Morgan fingerprint density at radius 3 is 2.88 bits per heavy atom. The van der Waals surface area contributed by atoms with E-state index in [9.17, 15) is 4.79 Å². The molecule has 0 unspecified atom stereocenters. The monoisotopic (exact) mass is 331 g/mol. The van der Waals surface area contributed by atoms with Crippen LogP contribution >= 0.6 is 0 Å². The number of carbonyl (C=O) groups is 1. The molecule has 1 aliphatic heterocycles. The van der Waals surface area contributed by atoms with E-state index in [-0.39, 0.29) is 6.03 Å². The van der Waals surface area contributed by atoms with Crippen LogP contribution in [-0.2, 0) is 0 Å². The molecule has 0 radical (unpaired) electrons. The quantitative estimate of drug-likeness (QED) is 0.871. The third-order valence-electron chi connectivity index (χ3n) is 5.20. The fraction of sp³-hybridized carbons (Fsp3) is 0.632. The van der Waals surface area contributed by atoms with Crippen LogP contribution in [0.4, 0.5) is 10.5 Å². The van der Waals surface area contributed by atoms with Crippen LogP contribution in [-0.4, -0.2) is 38.8 Å². The molecule has 1 aromatic rings. The van der Waals surface area contributed by atoms with Crippen LogP contribution in [0.25, 0.3) is 0 Å². The second-order valence-corrected chi connectivity index (χ2v) is 6.99. The second-order valence-electron chi connectivity index (χ2n) is 6.99. The summed E-state index contributed by atoms with van der Waals surface area (Å²) < 4.78 is 5.30. The Morgan fingerprint density at radius 1 is 1.25 bits per heavy atom. The van der Waals surface area contributed by atoms with Crippen molar-refractivity contribution in [2.24, 2.45) is 5.92 Å². The van der Waals surface area contributed by atoms with Gasteiger partial charge >= 0.3 is 6.03 Å². The lowest BCUT2D eigenvalue weighted by atomic mass is 9.96. The Kier molecular flexibility index (Phi) is 5.83. The number of carbonyl (C=O) groups excluding carboxylic acids is 1. The summed E-state index contributed by atoms with van der Waals surface area (Å²) in [4.78, 5) is 14.4. The predicted molar refractivity (Wildman–Crippen MR) is 96.7 cm³/mol. The van der Waals surface area contributed by atoms with Gasteiger partial charge in [0, 0.05) is 37.4 Å². The number of methoxy groups -OCH3 is 1. The maximum Gasteiger partial charge on any atom is 0.315 e. The van der Waals surface area contributed by atoms with Crippen LogP contribution in [0.1, 0.15) is 38.5 Å². The molecule has 1 saturated heterocycles. The van der Waals surface area contributed by atoms with Crippen molar-refractivity contribution in [2.75, 3.05) is 31.6 Å². The van der Waals surface area contributed by atoms with Crippen molar-refractivity contribution in [1.82, 2.24) is 10.6 Å². The maximum absolute atomic E-state index is 12.1. The number of hydrogen-bond donors (Lipinski definition) is 2. The molecule has 3 rings (SSSR count). The number of rotatable bonds is 5. The Balaban J connectivity index is 1.41. The zero-order valence-electron chi connectivity index (χ0n) is 14.6. The minimum atomic E-state index is 0.00160. The van der Waals surface area contributed by atoms with Gasteiger partial charge in [-0.25, -0.2) is 4.79 Å². The molecule has 132 valence electrons. The third-order valence-corrected chi connectivity index (χ3v) is 5.20. The Hall–Kier alpha value is -1.91. The summed E-state index contributed by atoms with van der Waals surface area (Å²) in [5.74, 6) is 1.40. The highest BCUT2D eigenvalue weighted by atomic mass is 16.5. The minimum absolute atomic E-state index is 0.00160. The average molecular weight is 331 g/mol. The number of ether oxygens (including phenoxy) is 1. The second kappa shape index (κ2) is 8.27. The molecule has 1 aliphatic carbocycles. The SMILES string of the molecule is COc1cccc(N2CC[C@H](CNC(=O)NC3CCCCC3)C2)c1. The van der Waals surface area contributed by atoms with E-state index in [0.717, 1.165) is 44.6 Å². The lowest BCUT2D eigenvalue weighted by Crippen LogP contribution is -2.44. The zero-order valence-corrected chi connectivity index (χ0v) is 14.6. The van der Waals surface area contributed by atoms with E-state index in [1.165, 1.54) is 24.9 Å². The van der Waals surface area contributed by atoms with Crippen LogP contribution in [0.2, 0.25) is 0 Å².